The minimum atomic E-state index is -2.75. The third-order valence-electron chi connectivity index (χ3n) is 2.45. The summed E-state index contributed by atoms with van der Waals surface area (Å²) in [5.41, 5.74) is 0.661. The van der Waals surface area contributed by atoms with Crippen LogP contribution < -0.4 is 10.1 Å². The number of hydrogen-bond donors (Lipinski definition) is 2. The second kappa shape index (κ2) is 5.76. The largest absolute Gasteiger partial charge is 0.480 e. The van der Waals surface area contributed by atoms with Crippen LogP contribution in [0.4, 0.5) is 11.6 Å². The molecule has 2 aromatic rings. The highest BCUT2D eigenvalue weighted by atomic mass is 79.9. The molecule has 20 heavy (non-hydrogen) atoms. The van der Waals surface area contributed by atoms with Crippen molar-refractivity contribution in [2.75, 3.05) is 18.7 Å². The monoisotopic (exact) mass is 356 g/mol. The standard InChI is InChI=1S/C12H13BrN4O2S/c1-19-11-10(13)7-15-12(17-11)16-8-4-3-5-9(6-8)20(2,14)18/h3-7,14H,1-2H3,(H,15,16,17). The van der Waals surface area contributed by atoms with Crippen molar-refractivity contribution in [3.05, 3.63) is 34.9 Å². The van der Waals surface area contributed by atoms with Gasteiger partial charge in [-0.3, -0.25) is 0 Å². The van der Waals surface area contributed by atoms with Crippen molar-refractivity contribution in [3.8, 4) is 5.88 Å². The van der Waals surface area contributed by atoms with Crippen LogP contribution in [-0.4, -0.2) is 27.5 Å². The van der Waals surface area contributed by atoms with E-state index in [2.05, 4.69) is 31.2 Å². The Morgan fingerprint density at radius 1 is 1.45 bits per heavy atom. The summed E-state index contributed by atoms with van der Waals surface area (Å²) >= 11 is 3.27. The fourth-order valence-corrected chi connectivity index (χ4v) is 2.54. The molecule has 0 bridgehead atoms. The van der Waals surface area contributed by atoms with E-state index in [1.807, 2.05) is 0 Å². The number of halogens is 1. The zero-order chi connectivity index (χ0) is 14.8. The highest BCUT2D eigenvalue weighted by Gasteiger charge is 2.07. The zero-order valence-electron chi connectivity index (χ0n) is 10.9. The number of nitrogens with zero attached hydrogens (tertiary/aromatic N) is 2. The van der Waals surface area contributed by atoms with E-state index in [0.29, 0.717) is 26.9 Å². The van der Waals surface area contributed by atoms with Crippen LogP contribution in [0.5, 0.6) is 5.88 Å². The van der Waals surface area contributed by atoms with Gasteiger partial charge in [0.25, 0.3) is 0 Å². The molecular weight excluding hydrogens is 344 g/mol. The van der Waals surface area contributed by atoms with Crippen molar-refractivity contribution in [1.29, 1.82) is 4.78 Å². The van der Waals surface area contributed by atoms with Gasteiger partial charge in [-0.15, -0.1) is 0 Å². The molecule has 0 aliphatic carbocycles. The van der Waals surface area contributed by atoms with E-state index >= 15 is 0 Å². The molecule has 1 aromatic heterocycles. The van der Waals surface area contributed by atoms with Crippen LogP contribution in [-0.2, 0) is 9.73 Å². The number of ether oxygens (including phenoxy) is 1. The molecule has 1 heterocycles. The Labute approximate surface area is 125 Å². The molecule has 0 aliphatic heterocycles. The second-order valence-electron chi connectivity index (χ2n) is 4.05. The fraction of sp³-hybridized carbons (Fsp3) is 0.167. The molecule has 106 valence electrons. The van der Waals surface area contributed by atoms with Crippen molar-refractivity contribution >= 4 is 37.3 Å². The number of anilines is 2. The van der Waals surface area contributed by atoms with E-state index in [1.165, 1.54) is 13.4 Å². The van der Waals surface area contributed by atoms with Crippen LogP contribution in [0.3, 0.4) is 0 Å². The minimum Gasteiger partial charge on any atom is -0.480 e. The van der Waals surface area contributed by atoms with Crippen LogP contribution >= 0.6 is 15.9 Å². The molecular formula is C12H13BrN4O2S. The van der Waals surface area contributed by atoms with Crippen LogP contribution in [0.25, 0.3) is 0 Å². The molecule has 1 atom stereocenters. The number of rotatable bonds is 4. The maximum absolute atomic E-state index is 11.7. The fourth-order valence-electron chi connectivity index (χ4n) is 1.50. The highest BCUT2D eigenvalue weighted by Crippen LogP contribution is 2.24. The lowest BCUT2D eigenvalue weighted by Crippen LogP contribution is -2.01. The Morgan fingerprint density at radius 3 is 2.85 bits per heavy atom. The minimum absolute atomic E-state index is 0.356. The summed E-state index contributed by atoms with van der Waals surface area (Å²) in [5, 5.41) is 2.99. The summed E-state index contributed by atoms with van der Waals surface area (Å²) < 4.78 is 25.0. The predicted molar refractivity (Wildman–Crippen MR) is 81.1 cm³/mol. The number of nitrogens with one attached hydrogen (secondary N) is 2. The first-order chi connectivity index (χ1) is 9.40. The van der Waals surface area contributed by atoms with Crippen molar-refractivity contribution in [2.24, 2.45) is 0 Å². The van der Waals surface area contributed by atoms with Gasteiger partial charge in [0, 0.05) is 16.8 Å². The van der Waals surface area contributed by atoms with Gasteiger partial charge in [-0.1, -0.05) is 6.07 Å². The molecule has 1 aromatic carbocycles. The van der Waals surface area contributed by atoms with Crippen molar-refractivity contribution in [1.82, 2.24) is 9.97 Å². The van der Waals surface area contributed by atoms with Gasteiger partial charge in [0.1, 0.15) is 0 Å². The third kappa shape index (κ3) is 3.45. The first-order valence-corrected chi connectivity index (χ1v) is 8.33. The first-order valence-electron chi connectivity index (χ1n) is 5.57. The predicted octanol–water partition coefficient (Wildman–Crippen LogP) is 3.03. The molecule has 0 saturated carbocycles. The van der Waals surface area contributed by atoms with E-state index in [0.717, 1.165) is 0 Å². The quantitative estimate of drug-likeness (QED) is 0.878. The van der Waals surface area contributed by atoms with Gasteiger partial charge in [-0.05, 0) is 34.1 Å². The highest BCUT2D eigenvalue weighted by molar-refractivity contribution is 9.10. The number of aromatic nitrogens is 2. The molecule has 0 fully saturated rings. The van der Waals surface area contributed by atoms with Gasteiger partial charge in [0.2, 0.25) is 11.8 Å². The van der Waals surface area contributed by atoms with E-state index in [-0.39, 0.29) is 0 Å². The number of hydrogen-bond acceptors (Lipinski definition) is 6. The molecule has 6 nitrogen and oxygen atoms in total. The van der Waals surface area contributed by atoms with Crippen molar-refractivity contribution < 1.29 is 8.95 Å². The molecule has 0 aliphatic rings. The number of benzene rings is 1. The van der Waals surface area contributed by atoms with E-state index in [4.69, 9.17) is 9.52 Å². The molecule has 2 N–H and O–H groups in total. The summed E-state index contributed by atoms with van der Waals surface area (Å²) in [5.74, 6) is 0.771. The lowest BCUT2D eigenvalue weighted by molar-refractivity contribution is 0.394. The molecule has 2 rings (SSSR count). The Hall–Kier alpha value is -1.67. The second-order valence-corrected chi connectivity index (χ2v) is 7.06. The lowest BCUT2D eigenvalue weighted by atomic mass is 10.3. The maximum Gasteiger partial charge on any atom is 0.232 e. The zero-order valence-corrected chi connectivity index (χ0v) is 13.3. The van der Waals surface area contributed by atoms with Crippen LogP contribution in [0.1, 0.15) is 0 Å². The third-order valence-corrected chi connectivity index (χ3v) is 4.14. The van der Waals surface area contributed by atoms with Crippen molar-refractivity contribution in [2.45, 2.75) is 4.90 Å². The summed E-state index contributed by atoms with van der Waals surface area (Å²) in [7, 11) is -1.23. The van der Waals surface area contributed by atoms with Crippen LogP contribution in [0, 0.1) is 4.78 Å². The normalized spacial score (nSPS) is 13.6. The Balaban J connectivity index is 2.31. The topological polar surface area (TPSA) is 88.0 Å². The van der Waals surface area contributed by atoms with Gasteiger partial charge in [0.05, 0.1) is 27.5 Å². The van der Waals surface area contributed by atoms with Gasteiger partial charge in [-0.25, -0.2) is 14.0 Å². The molecule has 0 radical (unpaired) electrons. The molecule has 8 heteroatoms. The molecule has 0 amide bonds. The maximum atomic E-state index is 11.7. The first kappa shape index (κ1) is 14.7. The Bertz CT molecular complexity index is 734. The summed E-state index contributed by atoms with van der Waals surface area (Å²) in [6.07, 6.45) is 2.96. The summed E-state index contributed by atoms with van der Waals surface area (Å²) in [6, 6.07) is 6.81. The van der Waals surface area contributed by atoms with Crippen molar-refractivity contribution in [3.63, 3.8) is 0 Å². The van der Waals surface area contributed by atoms with E-state index in [9.17, 15) is 4.21 Å². The van der Waals surface area contributed by atoms with Crippen LogP contribution in [0.15, 0.2) is 39.8 Å². The van der Waals surface area contributed by atoms with E-state index in [1.54, 1.807) is 30.5 Å². The lowest BCUT2D eigenvalue weighted by Gasteiger charge is -2.08. The van der Waals surface area contributed by atoms with E-state index < -0.39 is 9.73 Å². The average Bonchev–Trinajstić information content (AvgIpc) is 2.40. The Morgan fingerprint density at radius 2 is 2.20 bits per heavy atom. The summed E-state index contributed by atoms with van der Waals surface area (Å²) in [6.45, 7) is 0. The van der Waals surface area contributed by atoms with Gasteiger partial charge >= 0.3 is 0 Å². The Kier molecular flexibility index (Phi) is 4.24. The summed E-state index contributed by atoms with van der Waals surface area (Å²) in [4.78, 5) is 8.73. The van der Waals surface area contributed by atoms with Gasteiger partial charge in [-0.2, -0.15) is 4.98 Å². The smallest absolute Gasteiger partial charge is 0.232 e. The molecule has 0 spiro atoms. The average molecular weight is 357 g/mol. The SMILES string of the molecule is COc1nc(Nc2cccc(S(C)(=N)=O)c2)ncc1Br. The van der Waals surface area contributed by atoms with Gasteiger partial charge in [0.15, 0.2) is 0 Å². The van der Waals surface area contributed by atoms with Crippen LogP contribution in [0.2, 0.25) is 0 Å². The van der Waals surface area contributed by atoms with Gasteiger partial charge < -0.3 is 10.1 Å². The molecule has 0 saturated heterocycles. The number of methoxy groups -OCH3 is 1. The molecule has 1 unspecified atom stereocenters.